The van der Waals surface area contributed by atoms with Gasteiger partial charge in [0.2, 0.25) is 5.91 Å². The number of anilines is 1. The second kappa shape index (κ2) is 6.89. The first-order chi connectivity index (χ1) is 13.7. The first kappa shape index (κ1) is 17.7. The highest BCUT2D eigenvalue weighted by Crippen LogP contribution is 2.50. The van der Waals surface area contributed by atoms with E-state index in [1.165, 1.54) is 17.7 Å². The molecule has 1 amide bonds. The second-order valence-corrected chi connectivity index (χ2v) is 8.31. The Balaban J connectivity index is 1.14. The molecule has 5 heteroatoms. The number of carbonyl (C=O) groups is 1. The quantitative estimate of drug-likeness (QED) is 0.817. The number of halogens is 1. The Labute approximate surface area is 165 Å². The molecule has 3 fully saturated rings. The van der Waals surface area contributed by atoms with Gasteiger partial charge in [0.1, 0.15) is 5.82 Å². The summed E-state index contributed by atoms with van der Waals surface area (Å²) in [4.78, 5) is 19.9. The largest absolute Gasteiger partial charge is 0.369 e. The number of rotatable bonds is 4. The van der Waals surface area contributed by atoms with Gasteiger partial charge in [0.15, 0.2) is 0 Å². The third kappa shape index (κ3) is 3.08. The first-order valence-electron chi connectivity index (χ1n) is 10.3. The molecule has 2 aromatic carbocycles. The van der Waals surface area contributed by atoms with E-state index in [1.807, 2.05) is 30.3 Å². The van der Waals surface area contributed by atoms with Crippen molar-refractivity contribution in [3.63, 3.8) is 0 Å². The summed E-state index contributed by atoms with van der Waals surface area (Å²) in [6.45, 7) is 5.59. The Kier molecular flexibility index (Phi) is 4.35. The zero-order valence-corrected chi connectivity index (χ0v) is 16.1. The average Bonchev–Trinajstić information content (AvgIpc) is 3.51. The molecule has 0 N–H and O–H groups in total. The van der Waals surface area contributed by atoms with Crippen molar-refractivity contribution in [2.75, 3.05) is 44.2 Å². The summed E-state index contributed by atoms with van der Waals surface area (Å²) in [6, 6.07) is 17.5. The van der Waals surface area contributed by atoms with Gasteiger partial charge in [-0.05, 0) is 42.7 Å². The van der Waals surface area contributed by atoms with Crippen molar-refractivity contribution < 1.29 is 9.18 Å². The Morgan fingerprint density at radius 1 is 0.893 bits per heavy atom. The molecule has 28 heavy (non-hydrogen) atoms. The van der Waals surface area contributed by atoms with Gasteiger partial charge in [-0.2, -0.15) is 0 Å². The van der Waals surface area contributed by atoms with Gasteiger partial charge in [-0.3, -0.25) is 9.69 Å². The lowest BCUT2D eigenvalue weighted by atomic mass is 9.92. The van der Waals surface area contributed by atoms with Crippen LogP contribution in [0.5, 0.6) is 0 Å². The minimum atomic E-state index is -0.243. The predicted molar refractivity (Wildman–Crippen MR) is 108 cm³/mol. The second-order valence-electron chi connectivity index (χ2n) is 8.31. The van der Waals surface area contributed by atoms with E-state index in [-0.39, 0.29) is 11.2 Å². The maximum Gasteiger partial charge on any atom is 0.233 e. The number of hydrogen-bond acceptors (Lipinski definition) is 3. The zero-order valence-electron chi connectivity index (χ0n) is 16.1. The molecule has 1 saturated carbocycles. The normalized spacial score (nSPS) is 22.0. The van der Waals surface area contributed by atoms with Crippen LogP contribution >= 0.6 is 0 Å². The fraction of sp³-hybridized carbons (Fsp3) is 0.435. The lowest BCUT2D eigenvalue weighted by molar-refractivity contribution is -0.141. The standard InChI is InChI=1S/C23H26FN3O/c24-19-6-8-20(9-7-19)25-12-14-26(15-13-25)21-16-27(17-21)22(28)23(10-11-23)18-4-2-1-3-5-18/h1-9,21H,10-17H2. The minimum absolute atomic E-state index is 0.189. The van der Waals surface area contributed by atoms with E-state index < -0.39 is 0 Å². The van der Waals surface area contributed by atoms with Gasteiger partial charge in [0, 0.05) is 51.0 Å². The van der Waals surface area contributed by atoms with Crippen molar-refractivity contribution in [1.82, 2.24) is 9.80 Å². The van der Waals surface area contributed by atoms with Crippen molar-refractivity contribution in [2.45, 2.75) is 24.3 Å². The Morgan fingerprint density at radius 2 is 1.54 bits per heavy atom. The van der Waals surface area contributed by atoms with E-state index in [4.69, 9.17) is 0 Å². The minimum Gasteiger partial charge on any atom is -0.369 e. The maximum absolute atomic E-state index is 13.1. The summed E-state index contributed by atoms with van der Waals surface area (Å²) < 4.78 is 13.1. The monoisotopic (exact) mass is 379 g/mol. The molecular formula is C23H26FN3O. The van der Waals surface area contributed by atoms with Gasteiger partial charge in [-0.1, -0.05) is 30.3 Å². The predicted octanol–water partition coefficient (Wildman–Crippen LogP) is 2.89. The van der Waals surface area contributed by atoms with Crippen LogP contribution in [0.4, 0.5) is 10.1 Å². The summed E-state index contributed by atoms with van der Waals surface area (Å²) in [5.41, 5.74) is 2.02. The van der Waals surface area contributed by atoms with Crippen LogP contribution in [-0.4, -0.2) is 61.0 Å². The lowest BCUT2D eigenvalue weighted by Gasteiger charge is -2.49. The van der Waals surface area contributed by atoms with Gasteiger partial charge >= 0.3 is 0 Å². The highest BCUT2D eigenvalue weighted by Gasteiger charge is 2.55. The molecule has 0 bridgehead atoms. The Bertz CT molecular complexity index is 836. The molecule has 4 nitrogen and oxygen atoms in total. The molecule has 0 spiro atoms. The average molecular weight is 379 g/mol. The number of hydrogen-bond donors (Lipinski definition) is 0. The third-order valence-electron chi connectivity index (χ3n) is 6.66. The SMILES string of the molecule is O=C(N1CC(N2CCN(c3ccc(F)cc3)CC2)C1)C1(c2ccccc2)CC1. The van der Waals surface area contributed by atoms with Crippen LogP contribution in [0.2, 0.25) is 0 Å². The molecule has 1 aliphatic carbocycles. The summed E-state index contributed by atoms with van der Waals surface area (Å²) in [6.07, 6.45) is 1.96. The van der Waals surface area contributed by atoms with Crippen LogP contribution in [0, 0.1) is 5.82 Å². The molecule has 3 aliphatic rings. The summed E-state index contributed by atoms with van der Waals surface area (Å²) in [5.74, 6) is 0.130. The molecule has 0 aromatic heterocycles. The van der Waals surface area contributed by atoms with E-state index in [0.29, 0.717) is 11.9 Å². The van der Waals surface area contributed by atoms with E-state index >= 15 is 0 Å². The topological polar surface area (TPSA) is 26.8 Å². The molecule has 0 atom stereocenters. The van der Waals surface area contributed by atoms with Crippen LogP contribution < -0.4 is 4.90 Å². The van der Waals surface area contributed by atoms with E-state index in [9.17, 15) is 9.18 Å². The third-order valence-corrected chi connectivity index (χ3v) is 6.66. The van der Waals surface area contributed by atoms with Crippen molar-refractivity contribution in [3.8, 4) is 0 Å². The van der Waals surface area contributed by atoms with Crippen LogP contribution in [0.3, 0.4) is 0 Å². The fourth-order valence-corrected chi connectivity index (χ4v) is 4.66. The van der Waals surface area contributed by atoms with Gasteiger partial charge in [-0.25, -0.2) is 4.39 Å². The molecule has 2 aliphatic heterocycles. The van der Waals surface area contributed by atoms with Crippen LogP contribution in [0.15, 0.2) is 54.6 Å². The first-order valence-corrected chi connectivity index (χ1v) is 10.3. The maximum atomic E-state index is 13.1. The number of nitrogens with zero attached hydrogens (tertiary/aromatic N) is 3. The van der Waals surface area contributed by atoms with E-state index in [1.54, 1.807) is 0 Å². The van der Waals surface area contributed by atoms with E-state index in [2.05, 4.69) is 26.8 Å². The fourth-order valence-electron chi connectivity index (χ4n) is 4.66. The number of amides is 1. The van der Waals surface area contributed by atoms with Gasteiger partial charge in [0.05, 0.1) is 5.41 Å². The molecular weight excluding hydrogens is 353 g/mol. The molecule has 2 saturated heterocycles. The highest BCUT2D eigenvalue weighted by atomic mass is 19.1. The molecule has 0 unspecified atom stereocenters. The smallest absolute Gasteiger partial charge is 0.233 e. The Morgan fingerprint density at radius 3 is 2.14 bits per heavy atom. The molecule has 2 aromatic rings. The van der Waals surface area contributed by atoms with E-state index in [0.717, 1.165) is 57.8 Å². The Hall–Kier alpha value is -2.40. The van der Waals surface area contributed by atoms with Crippen molar-refractivity contribution in [1.29, 1.82) is 0 Å². The van der Waals surface area contributed by atoms with Crippen molar-refractivity contribution >= 4 is 11.6 Å². The van der Waals surface area contributed by atoms with Crippen molar-refractivity contribution in [2.24, 2.45) is 0 Å². The van der Waals surface area contributed by atoms with Gasteiger partial charge in [-0.15, -0.1) is 0 Å². The van der Waals surface area contributed by atoms with Crippen molar-refractivity contribution in [3.05, 3.63) is 66.0 Å². The summed E-state index contributed by atoms with van der Waals surface area (Å²) in [7, 11) is 0. The molecule has 146 valence electrons. The van der Waals surface area contributed by atoms with Gasteiger partial charge in [0.25, 0.3) is 0 Å². The lowest BCUT2D eigenvalue weighted by Crippen LogP contribution is -2.65. The zero-order chi connectivity index (χ0) is 19.1. The highest BCUT2D eigenvalue weighted by molar-refractivity contribution is 5.92. The van der Waals surface area contributed by atoms with Crippen LogP contribution in [0.25, 0.3) is 0 Å². The number of carbonyl (C=O) groups excluding carboxylic acids is 1. The number of likely N-dealkylation sites (tertiary alicyclic amines) is 1. The summed E-state index contributed by atoms with van der Waals surface area (Å²) in [5, 5.41) is 0. The summed E-state index contributed by atoms with van der Waals surface area (Å²) >= 11 is 0. The van der Waals surface area contributed by atoms with Gasteiger partial charge < -0.3 is 9.80 Å². The molecule has 2 heterocycles. The molecule has 5 rings (SSSR count). The van der Waals surface area contributed by atoms with Crippen LogP contribution in [0.1, 0.15) is 18.4 Å². The van der Waals surface area contributed by atoms with Crippen LogP contribution in [-0.2, 0) is 10.2 Å². The molecule has 0 radical (unpaired) electrons. The number of piperazine rings is 1. The number of benzene rings is 2.